The highest BCUT2D eigenvalue weighted by molar-refractivity contribution is 6.01. The van der Waals surface area contributed by atoms with Gasteiger partial charge in [-0.3, -0.25) is 0 Å². The molecule has 18 heavy (non-hydrogen) atoms. The van der Waals surface area contributed by atoms with Crippen molar-refractivity contribution in [1.82, 2.24) is 0 Å². The van der Waals surface area contributed by atoms with E-state index >= 15 is 0 Å². The second kappa shape index (κ2) is 4.71. The molecule has 0 atom stereocenters. The van der Waals surface area contributed by atoms with E-state index in [1.54, 1.807) is 36.4 Å². The van der Waals surface area contributed by atoms with Crippen LogP contribution in [-0.4, -0.2) is 17.0 Å². The van der Waals surface area contributed by atoms with Gasteiger partial charge in [0.25, 0.3) is 0 Å². The van der Waals surface area contributed by atoms with Gasteiger partial charge in [0.2, 0.25) is 0 Å². The molecule has 0 heterocycles. The maximum Gasteiger partial charge on any atom is 0.336 e. The zero-order chi connectivity index (χ0) is 13.1. The van der Waals surface area contributed by atoms with Crippen LogP contribution in [-0.2, 0) is 0 Å². The zero-order valence-corrected chi connectivity index (χ0v) is 9.29. The highest BCUT2D eigenvalue weighted by atomic mass is 16.4. The van der Waals surface area contributed by atoms with Crippen molar-refractivity contribution in [2.75, 3.05) is 0 Å². The Hall–Kier alpha value is -2.62. The topological polar surface area (TPSA) is 77.4 Å². The molecule has 0 radical (unpaired) electrons. The van der Waals surface area contributed by atoms with Crippen LogP contribution >= 0.6 is 0 Å². The minimum atomic E-state index is -1.33. The molecule has 0 amide bonds. The highest BCUT2D eigenvalue weighted by Crippen LogP contribution is 2.26. The van der Waals surface area contributed by atoms with Crippen molar-refractivity contribution in [3.05, 3.63) is 59.7 Å². The SMILES string of the molecule is O=C([O-])c1ccccc1-c1ccccc1C(=O)O. The van der Waals surface area contributed by atoms with Gasteiger partial charge >= 0.3 is 5.97 Å². The van der Waals surface area contributed by atoms with Gasteiger partial charge in [0.05, 0.1) is 11.5 Å². The number of carboxylic acid groups (broad SMARTS) is 2. The Bertz CT molecular complexity index is 561. The van der Waals surface area contributed by atoms with E-state index in [2.05, 4.69) is 0 Å². The Kier molecular flexibility index (Phi) is 3.10. The van der Waals surface area contributed by atoms with Gasteiger partial charge in [0, 0.05) is 5.56 Å². The minimum absolute atomic E-state index is 0.0220. The summed E-state index contributed by atoms with van der Waals surface area (Å²) >= 11 is 0. The number of rotatable bonds is 3. The fourth-order valence-electron chi connectivity index (χ4n) is 1.80. The first-order valence-corrected chi connectivity index (χ1v) is 5.24. The molecule has 4 heteroatoms. The summed E-state index contributed by atoms with van der Waals surface area (Å²) in [5, 5.41) is 20.1. The Labute approximate surface area is 103 Å². The van der Waals surface area contributed by atoms with Crippen LogP contribution in [0.2, 0.25) is 0 Å². The lowest BCUT2D eigenvalue weighted by Crippen LogP contribution is -2.23. The number of carbonyl (C=O) groups excluding carboxylic acids is 1. The van der Waals surface area contributed by atoms with Gasteiger partial charge in [-0.25, -0.2) is 4.79 Å². The molecule has 0 aliphatic carbocycles. The fraction of sp³-hybridized carbons (Fsp3) is 0. The molecule has 0 spiro atoms. The van der Waals surface area contributed by atoms with Gasteiger partial charge in [0.1, 0.15) is 0 Å². The Morgan fingerprint density at radius 2 is 1.28 bits per heavy atom. The molecule has 0 aromatic heterocycles. The lowest BCUT2D eigenvalue weighted by molar-refractivity contribution is -0.254. The van der Waals surface area contributed by atoms with Crippen LogP contribution in [0, 0.1) is 0 Å². The maximum atomic E-state index is 11.1. The Morgan fingerprint density at radius 3 is 1.78 bits per heavy atom. The van der Waals surface area contributed by atoms with Gasteiger partial charge in [-0.1, -0.05) is 42.5 Å². The molecule has 0 aliphatic rings. The van der Waals surface area contributed by atoms with E-state index in [9.17, 15) is 14.7 Å². The van der Waals surface area contributed by atoms with Crippen molar-refractivity contribution in [2.24, 2.45) is 0 Å². The fourth-order valence-corrected chi connectivity index (χ4v) is 1.80. The van der Waals surface area contributed by atoms with Gasteiger partial charge < -0.3 is 15.0 Å². The molecule has 0 aliphatic heterocycles. The molecule has 2 rings (SSSR count). The highest BCUT2D eigenvalue weighted by Gasteiger charge is 2.13. The van der Waals surface area contributed by atoms with E-state index < -0.39 is 11.9 Å². The molecule has 4 nitrogen and oxygen atoms in total. The van der Waals surface area contributed by atoms with Crippen LogP contribution in [0.15, 0.2) is 48.5 Å². The second-order valence-corrected chi connectivity index (χ2v) is 3.68. The van der Waals surface area contributed by atoms with Crippen LogP contribution in [0.5, 0.6) is 0 Å². The number of carboxylic acids is 2. The van der Waals surface area contributed by atoms with Crippen LogP contribution in [0.3, 0.4) is 0 Å². The summed E-state index contributed by atoms with van der Waals surface area (Å²) in [4.78, 5) is 22.1. The molecular weight excluding hydrogens is 232 g/mol. The predicted molar refractivity (Wildman–Crippen MR) is 63.2 cm³/mol. The average molecular weight is 241 g/mol. The predicted octanol–water partition coefficient (Wildman–Crippen LogP) is 1.42. The van der Waals surface area contributed by atoms with E-state index in [1.807, 2.05) is 0 Å². The number of aromatic carboxylic acids is 2. The van der Waals surface area contributed by atoms with Crippen LogP contribution in [0.1, 0.15) is 20.7 Å². The van der Waals surface area contributed by atoms with Gasteiger partial charge in [-0.05, 0) is 17.2 Å². The van der Waals surface area contributed by atoms with Crippen molar-refractivity contribution >= 4 is 11.9 Å². The Morgan fingerprint density at radius 1 is 0.833 bits per heavy atom. The third-order valence-electron chi connectivity index (χ3n) is 2.59. The lowest BCUT2D eigenvalue weighted by Gasteiger charge is -2.12. The summed E-state index contributed by atoms with van der Waals surface area (Å²) in [5.74, 6) is -2.43. The first kappa shape index (κ1) is 11.9. The van der Waals surface area contributed by atoms with E-state index in [0.717, 1.165) is 0 Å². The zero-order valence-electron chi connectivity index (χ0n) is 9.29. The van der Waals surface area contributed by atoms with E-state index in [1.165, 1.54) is 12.1 Å². The van der Waals surface area contributed by atoms with Crippen molar-refractivity contribution < 1.29 is 19.8 Å². The molecule has 0 saturated heterocycles. The minimum Gasteiger partial charge on any atom is -0.545 e. The summed E-state index contributed by atoms with van der Waals surface area (Å²) in [5.41, 5.74) is 0.748. The Balaban J connectivity index is 2.70. The summed E-state index contributed by atoms with van der Waals surface area (Å²) in [6.07, 6.45) is 0. The summed E-state index contributed by atoms with van der Waals surface area (Å²) in [7, 11) is 0. The third-order valence-corrected chi connectivity index (χ3v) is 2.59. The number of carbonyl (C=O) groups is 2. The van der Waals surface area contributed by atoms with E-state index in [4.69, 9.17) is 5.11 Å². The number of hydrogen-bond acceptors (Lipinski definition) is 3. The van der Waals surface area contributed by atoms with Crippen LogP contribution < -0.4 is 5.11 Å². The van der Waals surface area contributed by atoms with Gasteiger partial charge in [-0.2, -0.15) is 0 Å². The van der Waals surface area contributed by atoms with Crippen molar-refractivity contribution in [1.29, 1.82) is 0 Å². The lowest BCUT2D eigenvalue weighted by atomic mass is 9.95. The first-order valence-electron chi connectivity index (χ1n) is 5.24. The molecule has 2 aromatic rings. The van der Waals surface area contributed by atoms with E-state index in [-0.39, 0.29) is 11.1 Å². The summed E-state index contributed by atoms with van der Waals surface area (Å²) in [6, 6.07) is 12.4. The monoisotopic (exact) mass is 241 g/mol. The molecule has 1 N–H and O–H groups in total. The molecule has 2 aromatic carbocycles. The van der Waals surface area contributed by atoms with Crippen molar-refractivity contribution in [3.63, 3.8) is 0 Å². The summed E-state index contributed by atoms with van der Waals surface area (Å²) < 4.78 is 0. The molecule has 0 saturated carbocycles. The standard InChI is InChI=1S/C14H10O4/c15-13(16)11-7-3-1-5-9(11)10-6-2-4-8-12(10)14(17)18/h1-8H,(H,15,16)(H,17,18)/p-1. The first-order chi connectivity index (χ1) is 8.61. The van der Waals surface area contributed by atoms with Crippen LogP contribution in [0.25, 0.3) is 11.1 Å². The quantitative estimate of drug-likeness (QED) is 0.881. The molecule has 90 valence electrons. The van der Waals surface area contributed by atoms with Crippen LogP contribution in [0.4, 0.5) is 0 Å². The van der Waals surface area contributed by atoms with Gasteiger partial charge in [-0.15, -0.1) is 0 Å². The molecular formula is C14H9O4-. The number of hydrogen-bond donors (Lipinski definition) is 1. The second-order valence-electron chi connectivity index (χ2n) is 3.68. The molecule has 0 unspecified atom stereocenters. The summed E-state index contributed by atoms with van der Waals surface area (Å²) in [6.45, 7) is 0. The van der Waals surface area contributed by atoms with E-state index in [0.29, 0.717) is 11.1 Å². The normalized spacial score (nSPS) is 10.0. The molecule has 0 fully saturated rings. The molecule has 0 bridgehead atoms. The van der Waals surface area contributed by atoms with Crippen molar-refractivity contribution in [3.8, 4) is 11.1 Å². The van der Waals surface area contributed by atoms with Gasteiger partial charge in [0.15, 0.2) is 0 Å². The third kappa shape index (κ3) is 2.08. The smallest absolute Gasteiger partial charge is 0.336 e. The largest absolute Gasteiger partial charge is 0.545 e. The average Bonchev–Trinajstić information content (AvgIpc) is 2.38. The van der Waals surface area contributed by atoms with Crippen molar-refractivity contribution in [2.45, 2.75) is 0 Å². The number of benzene rings is 2. The maximum absolute atomic E-state index is 11.1.